The second-order valence-electron chi connectivity index (χ2n) is 3.90. The van der Waals surface area contributed by atoms with E-state index in [4.69, 9.17) is 11.6 Å². The number of nitrogens with zero attached hydrogens (tertiary/aromatic N) is 2. The van der Waals surface area contributed by atoms with E-state index in [0.29, 0.717) is 11.3 Å². The normalized spacial score (nSPS) is 11.1. The Morgan fingerprint density at radius 3 is 2.78 bits per heavy atom. The Balaban J connectivity index is 2.32. The van der Waals surface area contributed by atoms with Crippen molar-refractivity contribution in [3.8, 4) is 10.7 Å². The summed E-state index contributed by atoms with van der Waals surface area (Å²) in [5, 5.41) is 2.40. The molecule has 0 aliphatic carbocycles. The van der Waals surface area contributed by atoms with Crippen molar-refractivity contribution >= 4 is 33.8 Å². The van der Waals surface area contributed by atoms with Gasteiger partial charge >= 0.3 is 0 Å². The molecule has 2 nitrogen and oxygen atoms in total. The second-order valence-corrected chi connectivity index (χ2v) is 5.18. The molecule has 0 saturated carbocycles. The maximum Gasteiger partial charge on any atom is 0.171 e. The highest BCUT2D eigenvalue weighted by Crippen LogP contribution is 2.30. The standard InChI is InChI=1S/C13H8ClFN2S/c1-7-5-6-18-11(7)13-16-9-4-2-3-8(15)10(9)12(14)17-13/h2-6H,1H3. The van der Waals surface area contributed by atoms with Crippen LogP contribution < -0.4 is 0 Å². The summed E-state index contributed by atoms with van der Waals surface area (Å²) in [4.78, 5) is 9.53. The van der Waals surface area contributed by atoms with Crippen molar-refractivity contribution in [2.45, 2.75) is 6.92 Å². The Kier molecular flexibility index (Phi) is 2.76. The van der Waals surface area contributed by atoms with Gasteiger partial charge in [0.15, 0.2) is 5.82 Å². The summed E-state index contributed by atoms with van der Waals surface area (Å²) >= 11 is 7.60. The zero-order valence-corrected chi connectivity index (χ0v) is 11.0. The Hall–Kier alpha value is -1.52. The van der Waals surface area contributed by atoms with E-state index in [-0.39, 0.29) is 10.5 Å². The van der Waals surface area contributed by atoms with Crippen LogP contribution in [-0.4, -0.2) is 9.97 Å². The molecular formula is C13H8ClFN2S. The van der Waals surface area contributed by atoms with E-state index in [9.17, 15) is 4.39 Å². The summed E-state index contributed by atoms with van der Waals surface area (Å²) in [6, 6.07) is 6.70. The van der Waals surface area contributed by atoms with Crippen LogP contribution in [0.25, 0.3) is 21.6 Å². The molecule has 3 rings (SSSR count). The fraction of sp³-hybridized carbons (Fsp3) is 0.0769. The largest absolute Gasteiger partial charge is 0.227 e. The number of hydrogen-bond donors (Lipinski definition) is 0. The van der Waals surface area contributed by atoms with Crippen LogP contribution in [0.1, 0.15) is 5.56 Å². The number of fused-ring (bicyclic) bond motifs is 1. The molecule has 0 fully saturated rings. The van der Waals surface area contributed by atoms with Gasteiger partial charge in [-0.05, 0) is 36.1 Å². The molecule has 0 N–H and O–H groups in total. The van der Waals surface area contributed by atoms with Crippen molar-refractivity contribution in [3.05, 3.63) is 46.2 Å². The predicted octanol–water partition coefficient (Wildman–Crippen LogP) is 4.46. The lowest BCUT2D eigenvalue weighted by Gasteiger charge is -2.04. The van der Waals surface area contributed by atoms with Gasteiger partial charge < -0.3 is 0 Å². The molecule has 0 aliphatic rings. The smallest absolute Gasteiger partial charge is 0.171 e. The van der Waals surface area contributed by atoms with Gasteiger partial charge in [0.25, 0.3) is 0 Å². The third-order valence-electron chi connectivity index (χ3n) is 2.69. The molecule has 2 heterocycles. The van der Waals surface area contributed by atoms with E-state index in [2.05, 4.69) is 9.97 Å². The zero-order chi connectivity index (χ0) is 12.7. The van der Waals surface area contributed by atoms with Gasteiger partial charge in [0, 0.05) is 0 Å². The fourth-order valence-electron chi connectivity index (χ4n) is 1.80. The van der Waals surface area contributed by atoms with Crippen molar-refractivity contribution < 1.29 is 4.39 Å². The van der Waals surface area contributed by atoms with E-state index in [1.165, 1.54) is 6.07 Å². The average Bonchev–Trinajstić information content (AvgIpc) is 2.75. The summed E-state index contributed by atoms with van der Waals surface area (Å²) in [7, 11) is 0. The molecule has 0 aliphatic heterocycles. The molecule has 0 saturated heterocycles. The van der Waals surface area contributed by atoms with Gasteiger partial charge in [0.2, 0.25) is 0 Å². The highest BCUT2D eigenvalue weighted by molar-refractivity contribution is 7.13. The van der Waals surface area contributed by atoms with Crippen LogP contribution in [0.2, 0.25) is 5.15 Å². The first-order chi connectivity index (χ1) is 8.66. The first-order valence-electron chi connectivity index (χ1n) is 5.33. The zero-order valence-electron chi connectivity index (χ0n) is 9.45. The molecular weight excluding hydrogens is 271 g/mol. The van der Waals surface area contributed by atoms with Gasteiger partial charge in [-0.2, -0.15) is 0 Å². The molecule has 90 valence electrons. The minimum atomic E-state index is -0.396. The molecule has 0 atom stereocenters. The van der Waals surface area contributed by atoms with Crippen LogP contribution in [0.5, 0.6) is 0 Å². The second kappa shape index (κ2) is 4.30. The summed E-state index contributed by atoms with van der Waals surface area (Å²) in [5.74, 6) is 0.151. The molecule has 0 radical (unpaired) electrons. The van der Waals surface area contributed by atoms with E-state index in [0.717, 1.165) is 10.4 Å². The van der Waals surface area contributed by atoms with E-state index < -0.39 is 5.82 Å². The van der Waals surface area contributed by atoms with Crippen molar-refractivity contribution in [3.63, 3.8) is 0 Å². The molecule has 2 aromatic heterocycles. The number of benzene rings is 1. The van der Waals surface area contributed by atoms with Crippen LogP contribution in [0.15, 0.2) is 29.6 Å². The van der Waals surface area contributed by atoms with Crippen LogP contribution in [-0.2, 0) is 0 Å². The lowest BCUT2D eigenvalue weighted by molar-refractivity contribution is 0.639. The first-order valence-corrected chi connectivity index (χ1v) is 6.59. The lowest BCUT2D eigenvalue weighted by atomic mass is 10.2. The Morgan fingerprint density at radius 2 is 2.06 bits per heavy atom. The number of aromatic nitrogens is 2. The monoisotopic (exact) mass is 278 g/mol. The van der Waals surface area contributed by atoms with E-state index in [1.54, 1.807) is 23.5 Å². The summed E-state index contributed by atoms with van der Waals surface area (Å²) < 4.78 is 13.6. The SMILES string of the molecule is Cc1ccsc1-c1nc(Cl)c2c(F)cccc2n1. The van der Waals surface area contributed by atoms with Crippen LogP contribution in [0.4, 0.5) is 4.39 Å². The number of halogens is 2. The highest BCUT2D eigenvalue weighted by Gasteiger charge is 2.13. The Morgan fingerprint density at radius 1 is 1.22 bits per heavy atom. The molecule has 0 bridgehead atoms. The highest BCUT2D eigenvalue weighted by atomic mass is 35.5. The Labute approximate surface area is 112 Å². The van der Waals surface area contributed by atoms with E-state index >= 15 is 0 Å². The molecule has 0 spiro atoms. The number of thiophene rings is 1. The van der Waals surface area contributed by atoms with Crippen LogP contribution in [0, 0.1) is 12.7 Å². The minimum absolute atomic E-state index is 0.154. The van der Waals surface area contributed by atoms with Crippen molar-refractivity contribution in [2.24, 2.45) is 0 Å². The predicted molar refractivity (Wildman–Crippen MR) is 72.6 cm³/mol. The van der Waals surface area contributed by atoms with Gasteiger partial charge in [-0.1, -0.05) is 17.7 Å². The third kappa shape index (κ3) is 1.78. The van der Waals surface area contributed by atoms with Gasteiger partial charge in [-0.25, -0.2) is 14.4 Å². The van der Waals surface area contributed by atoms with Crippen LogP contribution in [0.3, 0.4) is 0 Å². The number of hydrogen-bond acceptors (Lipinski definition) is 3. The van der Waals surface area contributed by atoms with Crippen molar-refractivity contribution in [2.75, 3.05) is 0 Å². The van der Waals surface area contributed by atoms with Crippen molar-refractivity contribution in [1.29, 1.82) is 0 Å². The molecule has 0 amide bonds. The van der Waals surface area contributed by atoms with Gasteiger partial charge in [0.1, 0.15) is 11.0 Å². The number of rotatable bonds is 1. The molecule has 5 heteroatoms. The average molecular weight is 279 g/mol. The quantitative estimate of drug-likeness (QED) is 0.614. The van der Waals surface area contributed by atoms with Gasteiger partial charge in [-0.15, -0.1) is 11.3 Å². The van der Waals surface area contributed by atoms with Crippen LogP contribution >= 0.6 is 22.9 Å². The maximum atomic E-state index is 13.6. The van der Waals surface area contributed by atoms with Gasteiger partial charge in [0.05, 0.1) is 15.8 Å². The summed E-state index contributed by atoms with van der Waals surface area (Å²) in [6.07, 6.45) is 0. The first kappa shape index (κ1) is 11.6. The summed E-state index contributed by atoms with van der Waals surface area (Å²) in [6.45, 7) is 1.98. The summed E-state index contributed by atoms with van der Waals surface area (Å²) in [5.41, 5.74) is 1.62. The molecule has 0 unspecified atom stereocenters. The van der Waals surface area contributed by atoms with E-state index in [1.807, 2.05) is 18.4 Å². The molecule has 3 aromatic rings. The Bertz CT molecular complexity index is 739. The topological polar surface area (TPSA) is 25.8 Å². The lowest BCUT2D eigenvalue weighted by Crippen LogP contribution is -1.93. The maximum absolute atomic E-state index is 13.6. The minimum Gasteiger partial charge on any atom is -0.227 e. The van der Waals surface area contributed by atoms with Gasteiger partial charge in [-0.3, -0.25) is 0 Å². The molecule has 1 aromatic carbocycles. The fourth-order valence-corrected chi connectivity index (χ4v) is 2.93. The number of aryl methyl sites for hydroxylation is 1. The molecule has 18 heavy (non-hydrogen) atoms. The van der Waals surface area contributed by atoms with Crippen molar-refractivity contribution in [1.82, 2.24) is 9.97 Å². The third-order valence-corrected chi connectivity index (χ3v) is 3.98.